The zero-order valence-corrected chi connectivity index (χ0v) is 9.62. The van der Waals surface area contributed by atoms with Gasteiger partial charge in [0.25, 0.3) is 5.91 Å². The topological polar surface area (TPSA) is 64.3 Å². The Morgan fingerprint density at radius 2 is 2.44 bits per heavy atom. The second-order valence-corrected chi connectivity index (χ2v) is 3.63. The van der Waals surface area contributed by atoms with Gasteiger partial charge >= 0.3 is 0 Å². The molecule has 1 aromatic rings. The van der Waals surface area contributed by atoms with Gasteiger partial charge in [0.15, 0.2) is 0 Å². The average molecular weight is 221 g/mol. The minimum absolute atomic E-state index is 0.140. The van der Waals surface area contributed by atoms with Gasteiger partial charge < -0.3 is 4.74 Å². The maximum Gasteiger partial charge on any atom is 0.265 e. The first-order valence-electron chi connectivity index (χ1n) is 5.36. The van der Waals surface area contributed by atoms with Crippen molar-refractivity contribution >= 4 is 5.91 Å². The second kappa shape index (κ2) is 6.12. The van der Waals surface area contributed by atoms with Crippen molar-refractivity contribution in [2.45, 2.75) is 32.8 Å². The Hall–Kier alpha value is -1.55. The van der Waals surface area contributed by atoms with E-state index in [1.165, 1.54) is 0 Å². The number of hydrogen-bond donors (Lipinski definition) is 2. The minimum Gasteiger partial charge on any atom is -0.491 e. The lowest BCUT2D eigenvalue weighted by Gasteiger charge is -2.14. The predicted octanol–water partition coefficient (Wildman–Crippen LogP) is 1.66. The Morgan fingerprint density at radius 3 is 3.06 bits per heavy atom. The molecule has 0 saturated heterocycles. The molecule has 16 heavy (non-hydrogen) atoms. The standard InChI is InChI=1S/C12H17N2O2/c1-3-5-9(2)16-11-7-4-6-10(8-11)12(15)14-13/h4,7-9H,3,5,13H2,1-2H3,(H,14,15). The highest BCUT2D eigenvalue weighted by atomic mass is 16.5. The summed E-state index contributed by atoms with van der Waals surface area (Å²) >= 11 is 0. The molecule has 0 fully saturated rings. The van der Waals surface area contributed by atoms with Gasteiger partial charge in [0.1, 0.15) is 5.75 Å². The molecule has 0 aliphatic heterocycles. The lowest BCUT2D eigenvalue weighted by atomic mass is 10.2. The van der Waals surface area contributed by atoms with Crippen molar-refractivity contribution in [1.82, 2.24) is 5.43 Å². The van der Waals surface area contributed by atoms with E-state index in [4.69, 9.17) is 10.6 Å². The highest BCUT2D eigenvalue weighted by Gasteiger charge is 2.07. The Labute approximate surface area is 95.8 Å². The third-order valence-corrected chi connectivity index (χ3v) is 2.18. The van der Waals surface area contributed by atoms with E-state index in [9.17, 15) is 4.79 Å². The number of carbonyl (C=O) groups is 1. The average Bonchev–Trinajstić information content (AvgIpc) is 2.28. The number of carbonyl (C=O) groups excluding carboxylic acids is 1. The van der Waals surface area contributed by atoms with Crippen LogP contribution in [-0.2, 0) is 0 Å². The molecule has 0 aromatic heterocycles. The Balaban J connectivity index is 2.70. The second-order valence-electron chi connectivity index (χ2n) is 3.63. The van der Waals surface area contributed by atoms with Crippen molar-refractivity contribution in [2.75, 3.05) is 0 Å². The van der Waals surface area contributed by atoms with E-state index in [0.29, 0.717) is 11.3 Å². The third-order valence-electron chi connectivity index (χ3n) is 2.18. The highest BCUT2D eigenvalue weighted by Crippen LogP contribution is 2.15. The number of nitrogens with one attached hydrogen (secondary N) is 1. The monoisotopic (exact) mass is 221 g/mol. The summed E-state index contributed by atoms with van der Waals surface area (Å²) in [7, 11) is 0. The van der Waals surface area contributed by atoms with Crippen LogP contribution in [0.4, 0.5) is 0 Å². The van der Waals surface area contributed by atoms with Gasteiger partial charge in [-0.25, -0.2) is 5.84 Å². The first kappa shape index (κ1) is 12.5. The van der Waals surface area contributed by atoms with Gasteiger partial charge in [-0.1, -0.05) is 13.3 Å². The van der Waals surface area contributed by atoms with Crippen LogP contribution in [0.25, 0.3) is 0 Å². The van der Waals surface area contributed by atoms with Crippen molar-refractivity contribution in [3.05, 3.63) is 29.8 Å². The summed E-state index contributed by atoms with van der Waals surface area (Å²) in [4.78, 5) is 11.3. The quantitative estimate of drug-likeness (QED) is 0.451. The molecule has 1 atom stereocenters. The molecule has 0 saturated carbocycles. The van der Waals surface area contributed by atoms with E-state index in [1.807, 2.05) is 6.92 Å². The molecule has 0 aliphatic rings. The third kappa shape index (κ3) is 3.55. The number of amides is 1. The maximum atomic E-state index is 11.3. The summed E-state index contributed by atoms with van der Waals surface area (Å²) < 4.78 is 5.65. The van der Waals surface area contributed by atoms with Gasteiger partial charge in [0.05, 0.1) is 11.7 Å². The number of ether oxygens (including phenoxy) is 1. The normalized spacial score (nSPS) is 11.9. The smallest absolute Gasteiger partial charge is 0.265 e. The Kier molecular flexibility index (Phi) is 4.79. The molecule has 0 heterocycles. The van der Waals surface area contributed by atoms with E-state index >= 15 is 0 Å². The number of nitrogens with two attached hydrogens (primary N) is 1. The molecular weight excluding hydrogens is 204 g/mol. The van der Waals surface area contributed by atoms with Crippen LogP contribution in [0, 0.1) is 6.07 Å². The molecule has 1 unspecified atom stereocenters. The first-order chi connectivity index (χ1) is 7.67. The minimum atomic E-state index is -0.367. The molecule has 3 N–H and O–H groups in total. The molecule has 4 heteroatoms. The van der Waals surface area contributed by atoms with Crippen LogP contribution in [0.2, 0.25) is 0 Å². The van der Waals surface area contributed by atoms with Gasteiger partial charge in [-0.15, -0.1) is 0 Å². The van der Waals surface area contributed by atoms with Gasteiger partial charge in [0, 0.05) is 0 Å². The fourth-order valence-electron chi connectivity index (χ4n) is 1.43. The van der Waals surface area contributed by atoms with Crippen LogP contribution < -0.4 is 16.0 Å². The summed E-state index contributed by atoms with van der Waals surface area (Å²) in [6.07, 6.45) is 2.19. The molecule has 87 valence electrons. The van der Waals surface area contributed by atoms with Crippen molar-refractivity contribution < 1.29 is 9.53 Å². The molecule has 4 nitrogen and oxygen atoms in total. The van der Waals surface area contributed by atoms with E-state index in [0.717, 1.165) is 12.8 Å². The highest BCUT2D eigenvalue weighted by molar-refractivity contribution is 5.93. The van der Waals surface area contributed by atoms with Gasteiger partial charge in [-0.3, -0.25) is 10.2 Å². The molecule has 1 rings (SSSR count). The molecule has 1 radical (unpaired) electrons. The fourth-order valence-corrected chi connectivity index (χ4v) is 1.43. The van der Waals surface area contributed by atoms with E-state index in [1.54, 1.807) is 18.2 Å². The van der Waals surface area contributed by atoms with Crippen LogP contribution in [-0.4, -0.2) is 12.0 Å². The van der Waals surface area contributed by atoms with Gasteiger partial charge in [-0.2, -0.15) is 0 Å². The number of rotatable bonds is 5. The predicted molar refractivity (Wildman–Crippen MR) is 61.9 cm³/mol. The summed E-state index contributed by atoms with van der Waals surface area (Å²) in [5.41, 5.74) is 2.44. The number of hydrogen-bond acceptors (Lipinski definition) is 3. The van der Waals surface area contributed by atoms with Crippen LogP contribution in [0.1, 0.15) is 37.0 Å². The van der Waals surface area contributed by atoms with Crippen molar-refractivity contribution in [1.29, 1.82) is 0 Å². The van der Waals surface area contributed by atoms with Crippen LogP contribution in [0.15, 0.2) is 18.2 Å². The van der Waals surface area contributed by atoms with Gasteiger partial charge in [-0.05, 0) is 37.6 Å². The molecule has 0 aliphatic carbocycles. The first-order valence-corrected chi connectivity index (χ1v) is 5.36. The largest absolute Gasteiger partial charge is 0.491 e. The Bertz CT molecular complexity index is 353. The van der Waals surface area contributed by atoms with Gasteiger partial charge in [0.2, 0.25) is 0 Å². The van der Waals surface area contributed by atoms with Crippen LogP contribution in [0.5, 0.6) is 5.75 Å². The summed E-state index contributed by atoms with van der Waals surface area (Å²) in [5, 5.41) is 0. The van der Waals surface area contributed by atoms with E-state index < -0.39 is 0 Å². The van der Waals surface area contributed by atoms with Crippen LogP contribution in [0.3, 0.4) is 0 Å². The summed E-state index contributed by atoms with van der Waals surface area (Å²) in [6.45, 7) is 4.11. The zero-order valence-electron chi connectivity index (χ0n) is 9.62. The van der Waals surface area contributed by atoms with E-state index in [-0.39, 0.29) is 12.0 Å². The maximum absolute atomic E-state index is 11.3. The number of hydrazine groups is 1. The van der Waals surface area contributed by atoms with Crippen molar-refractivity contribution in [3.63, 3.8) is 0 Å². The summed E-state index contributed by atoms with van der Waals surface area (Å²) in [5.74, 6) is 5.34. The van der Waals surface area contributed by atoms with Crippen molar-refractivity contribution in [3.8, 4) is 5.75 Å². The molecule has 1 aromatic carbocycles. The SMILES string of the molecule is CCCC(C)Oc1cc[c]c(C(=O)NN)c1. The number of nitrogen functional groups attached to an aromatic ring is 1. The number of benzene rings is 1. The van der Waals surface area contributed by atoms with Crippen LogP contribution >= 0.6 is 0 Å². The molecule has 0 bridgehead atoms. The lowest BCUT2D eigenvalue weighted by molar-refractivity contribution is 0.0952. The lowest BCUT2D eigenvalue weighted by Crippen LogP contribution is -2.30. The van der Waals surface area contributed by atoms with Crippen molar-refractivity contribution in [2.24, 2.45) is 5.84 Å². The fraction of sp³-hybridized carbons (Fsp3) is 0.417. The molecule has 1 amide bonds. The van der Waals surface area contributed by atoms with E-state index in [2.05, 4.69) is 18.4 Å². The Morgan fingerprint density at radius 1 is 1.69 bits per heavy atom. The summed E-state index contributed by atoms with van der Waals surface area (Å²) in [6, 6.07) is 7.85. The molecular formula is C12H17N2O2. The zero-order chi connectivity index (χ0) is 12.0. The molecule has 0 spiro atoms.